The molecule has 0 aliphatic heterocycles. The Morgan fingerprint density at radius 1 is 1.24 bits per heavy atom. The number of rotatable bonds is 9. The fourth-order valence-corrected chi connectivity index (χ4v) is 4.92. The van der Waals surface area contributed by atoms with Crippen molar-refractivity contribution in [2.75, 3.05) is 13.2 Å². The van der Waals surface area contributed by atoms with Crippen molar-refractivity contribution in [2.45, 2.75) is 18.9 Å². The van der Waals surface area contributed by atoms with E-state index in [2.05, 4.69) is 15.0 Å². The predicted octanol–water partition coefficient (Wildman–Crippen LogP) is 3.42. The van der Waals surface area contributed by atoms with Crippen molar-refractivity contribution in [3.05, 3.63) is 76.3 Å². The molecular weight excluding hydrogens is 469 g/mol. The lowest BCUT2D eigenvalue weighted by Gasteiger charge is -2.13. The minimum absolute atomic E-state index is 0.00728. The Balaban J connectivity index is 1.32. The number of hydrogen-bond donors (Lipinski definition) is 2. The summed E-state index contributed by atoms with van der Waals surface area (Å²) in [7, 11) is -3.94. The molecule has 1 saturated carbocycles. The number of H-pyrrole nitrogens is 1. The zero-order valence-electron chi connectivity index (χ0n) is 17.4. The van der Waals surface area contributed by atoms with Gasteiger partial charge in [-0.3, -0.25) is 13.7 Å². The third kappa shape index (κ3) is 4.60. The van der Waals surface area contributed by atoms with E-state index in [1.165, 1.54) is 18.7 Å². The summed E-state index contributed by atoms with van der Waals surface area (Å²) < 4.78 is 26.5. The Morgan fingerprint density at radius 2 is 2.00 bits per heavy atom. The van der Waals surface area contributed by atoms with Crippen LogP contribution in [-0.2, 0) is 15.6 Å². The molecule has 1 fully saturated rings. The molecule has 1 aliphatic rings. The molecule has 1 aromatic carbocycles. The Morgan fingerprint density at radius 3 is 2.76 bits per heavy atom. The highest BCUT2D eigenvalue weighted by Gasteiger charge is 2.43. The SMILES string of the molecule is O=c1[nH]cnc2nc([C@H]3C[C@@H]3COP(=O)(O)n3cccc3)n(CCOc3ccc(Cl)cc3)c12. The highest BCUT2D eigenvalue weighted by Crippen LogP contribution is 2.51. The second kappa shape index (κ2) is 8.79. The average molecular weight is 490 g/mol. The van der Waals surface area contributed by atoms with Crippen LogP contribution in [0.5, 0.6) is 5.75 Å². The number of nitrogens with zero attached hydrogens (tertiary/aromatic N) is 4. The van der Waals surface area contributed by atoms with Crippen molar-refractivity contribution in [2.24, 2.45) is 5.92 Å². The van der Waals surface area contributed by atoms with Gasteiger partial charge in [0.1, 0.15) is 18.2 Å². The maximum Gasteiger partial charge on any atom is 0.436 e. The van der Waals surface area contributed by atoms with Crippen LogP contribution in [-0.4, -0.2) is 42.0 Å². The van der Waals surface area contributed by atoms with Gasteiger partial charge in [-0.1, -0.05) is 11.6 Å². The molecule has 3 heterocycles. The molecule has 33 heavy (non-hydrogen) atoms. The first-order chi connectivity index (χ1) is 15.9. The number of benzene rings is 1. The van der Waals surface area contributed by atoms with E-state index in [1.807, 2.05) is 4.57 Å². The van der Waals surface area contributed by atoms with Crippen molar-refractivity contribution < 1.29 is 18.7 Å². The summed E-state index contributed by atoms with van der Waals surface area (Å²) in [4.78, 5) is 34.0. The van der Waals surface area contributed by atoms with Crippen molar-refractivity contribution in [1.29, 1.82) is 0 Å². The zero-order valence-corrected chi connectivity index (χ0v) is 19.0. The van der Waals surface area contributed by atoms with E-state index in [9.17, 15) is 14.3 Å². The first kappa shape index (κ1) is 21.9. The standard InChI is InChI=1S/C21H21ClN5O5P/c22-15-3-5-16(6-4-15)31-10-9-27-18-19(23-13-24-21(18)28)25-20(27)17-11-14(17)12-32-33(29,30)26-7-1-2-8-26/h1-8,13-14,17H,9-12H2,(H,29,30)(H,23,24,28)/t14-,17+/m1/s1. The number of fused-ring (bicyclic) bond motifs is 1. The van der Waals surface area contributed by atoms with Gasteiger partial charge >= 0.3 is 7.75 Å². The highest BCUT2D eigenvalue weighted by molar-refractivity contribution is 7.51. The van der Waals surface area contributed by atoms with Gasteiger partial charge in [-0.05, 0) is 48.7 Å². The summed E-state index contributed by atoms with van der Waals surface area (Å²) in [6.45, 7) is 0.793. The molecule has 0 bridgehead atoms. The molecule has 12 heteroatoms. The first-order valence-electron chi connectivity index (χ1n) is 10.4. The van der Waals surface area contributed by atoms with Crippen LogP contribution in [0.4, 0.5) is 0 Å². The van der Waals surface area contributed by atoms with Crippen LogP contribution >= 0.6 is 19.3 Å². The number of hydrogen-bond acceptors (Lipinski definition) is 6. The Bertz CT molecular complexity index is 1370. The van der Waals surface area contributed by atoms with Crippen LogP contribution < -0.4 is 10.3 Å². The third-order valence-corrected chi connectivity index (χ3v) is 7.15. The van der Waals surface area contributed by atoms with Crippen LogP contribution in [0.25, 0.3) is 11.2 Å². The van der Waals surface area contributed by atoms with Crippen molar-refractivity contribution in [3.8, 4) is 5.75 Å². The monoisotopic (exact) mass is 489 g/mol. The maximum atomic E-state index is 12.5. The molecule has 3 aromatic heterocycles. The number of ether oxygens (including phenoxy) is 1. The van der Waals surface area contributed by atoms with Gasteiger partial charge in [0.15, 0.2) is 11.2 Å². The van der Waals surface area contributed by atoms with Crippen LogP contribution in [0.2, 0.25) is 5.02 Å². The number of nitrogens with one attached hydrogen (secondary N) is 1. The minimum atomic E-state index is -3.94. The van der Waals surface area contributed by atoms with Crippen LogP contribution in [0.1, 0.15) is 18.2 Å². The van der Waals surface area contributed by atoms with Crippen molar-refractivity contribution in [1.82, 2.24) is 23.9 Å². The van der Waals surface area contributed by atoms with Gasteiger partial charge in [-0.15, -0.1) is 0 Å². The van der Waals surface area contributed by atoms with E-state index < -0.39 is 7.75 Å². The maximum absolute atomic E-state index is 12.5. The lowest BCUT2D eigenvalue weighted by Crippen LogP contribution is -2.16. The summed E-state index contributed by atoms with van der Waals surface area (Å²) in [6.07, 6.45) is 5.03. The lowest BCUT2D eigenvalue weighted by molar-refractivity contribution is 0.239. The third-order valence-electron chi connectivity index (χ3n) is 5.57. The van der Waals surface area contributed by atoms with Gasteiger partial charge in [-0.2, -0.15) is 0 Å². The molecule has 10 nitrogen and oxygen atoms in total. The van der Waals surface area contributed by atoms with E-state index in [-0.39, 0.29) is 24.0 Å². The molecule has 5 rings (SSSR count). The molecule has 0 saturated heterocycles. The average Bonchev–Trinajstić information content (AvgIpc) is 3.18. The summed E-state index contributed by atoms with van der Waals surface area (Å²) in [5.41, 5.74) is 0.442. The Hall–Kier alpha value is -2.91. The van der Waals surface area contributed by atoms with Gasteiger partial charge in [0.25, 0.3) is 5.56 Å². The van der Waals surface area contributed by atoms with Crippen molar-refractivity contribution in [3.63, 3.8) is 0 Å². The molecule has 2 N–H and O–H groups in total. The molecule has 4 aromatic rings. The predicted molar refractivity (Wildman–Crippen MR) is 122 cm³/mol. The van der Waals surface area contributed by atoms with E-state index in [0.29, 0.717) is 40.9 Å². The van der Waals surface area contributed by atoms with Crippen molar-refractivity contribution >= 4 is 30.5 Å². The number of imidazole rings is 1. The van der Waals surface area contributed by atoms with Gasteiger partial charge in [0.2, 0.25) is 0 Å². The van der Waals surface area contributed by atoms with E-state index in [1.54, 1.807) is 36.4 Å². The van der Waals surface area contributed by atoms with Gasteiger partial charge in [0.05, 0.1) is 19.5 Å². The quantitative estimate of drug-likeness (QED) is 0.345. The molecule has 172 valence electrons. The Kier molecular flexibility index (Phi) is 5.84. The molecule has 0 spiro atoms. The fraction of sp³-hybridized carbons (Fsp3) is 0.286. The Labute approximate surface area is 193 Å². The zero-order chi connectivity index (χ0) is 23.0. The second-order valence-electron chi connectivity index (χ2n) is 7.78. The molecular formula is C21H21ClN5O5P. The summed E-state index contributed by atoms with van der Waals surface area (Å²) >= 11 is 5.91. The minimum Gasteiger partial charge on any atom is -0.492 e. The smallest absolute Gasteiger partial charge is 0.436 e. The van der Waals surface area contributed by atoms with Crippen LogP contribution in [0.15, 0.2) is 59.9 Å². The summed E-state index contributed by atoms with van der Waals surface area (Å²) in [5, 5.41) is 0.619. The molecule has 3 atom stereocenters. The number of halogens is 1. The molecule has 0 amide bonds. The molecule has 0 radical (unpaired) electrons. The topological polar surface area (TPSA) is 124 Å². The molecule has 1 aliphatic carbocycles. The largest absolute Gasteiger partial charge is 0.492 e. The summed E-state index contributed by atoms with van der Waals surface area (Å²) in [6, 6.07) is 10.3. The number of aromatic amines is 1. The molecule has 1 unspecified atom stereocenters. The fourth-order valence-electron chi connectivity index (χ4n) is 3.79. The van der Waals surface area contributed by atoms with Crippen LogP contribution in [0, 0.1) is 5.92 Å². The van der Waals surface area contributed by atoms with E-state index >= 15 is 0 Å². The van der Waals surface area contributed by atoms with E-state index in [0.717, 1.165) is 10.8 Å². The number of aromatic nitrogens is 5. The van der Waals surface area contributed by atoms with Crippen LogP contribution in [0.3, 0.4) is 0 Å². The first-order valence-corrected chi connectivity index (χ1v) is 12.3. The van der Waals surface area contributed by atoms with Gasteiger partial charge in [0, 0.05) is 23.3 Å². The van der Waals surface area contributed by atoms with E-state index in [4.69, 9.17) is 20.9 Å². The highest BCUT2D eigenvalue weighted by atomic mass is 35.5. The van der Waals surface area contributed by atoms with Gasteiger partial charge in [-0.25, -0.2) is 14.5 Å². The lowest BCUT2D eigenvalue weighted by atomic mass is 10.3. The van der Waals surface area contributed by atoms with Gasteiger partial charge < -0.3 is 19.2 Å². The summed E-state index contributed by atoms with van der Waals surface area (Å²) in [5.74, 6) is 1.35. The normalized spacial score (nSPS) is 19.5. The second-order valence-corrected chi connectivity index (χ2v) is 9.92.